The number of benzene rings is 4. The second-order valence-electron chi connectivity index (χ2n) is 9.90. The van der Waals surface area contributed by atoms with Gasteiger partial charge in [0.2, 0.25) is 0 Å². The number of carbonyl (C=O) groups excluding carboxylic acids is 4. The van der Waals surface area contributed by atoms with E-state index >= 15 is 0 Å². The fraction of sp³-hybridized carbons (Fsp3) is 0.176. The number of methoxy groups -OCH3 is 4. The Bertz CT molecular complexity index is 1910. The number of rotatable bonds is 10. The summed E-state index contributed by atoms with van der Waals surface area (Å²) in [7, 11) is 4.95. The highest BCUT2D eigenvalue weighted by Crippen LogP contribution is 2.40. The van der Waals surface area contributed by atoms with Crippen LogP contribution in [0.3, 0.4) is 0 Å². The van der Waals surface area contributed by atoms with Crippen molar-refractivity contribution < 1.29 is 48.0 Å². The molecule has 0 aliphatic rings. The summed E-state index contributed by atoms with van der Waals surface area (Å²) >= 11 is 2.12. The van der Waals surface area contributed by atoms with Crippen LogP contribution in [0.25, 0.3) is 0 Å². The largest absolute Gasteiger partial charge is 0.465 e. The molecule has 4 rings (SSSR count). The van der Waals surface area contributed by atoms with Crippen molar-refractivity contribution in [2.24, 2.45) is 0 Å². The molecule has 0 aliphatic carbocycles. The Kier molecular flexibility index (Phi) is 13.6. The smallest absolute Gasteiger partial charge is 0.339 e. The number of hydrogen-bond acceptors (Lipinski definition) is 14. The zero-order valence-electron chi connectivity index (χ0n) is 27.5. The number of ether oxygens (including phenoxy) is 4. The summed E-state index contributed by atoms with van der Waals surface area (Å²) < 4.78 is 18.8. The molecular weight excluding hydrogens is 693 g/mol. The quantitative estimate of drug-likeness (QED) is 0.0687. The normalized spacial score (nSPS) is 10.2. The van der Waals surface area contributed by atoms with E-state index in [0.29, 0.717) is 36.3 Å². The summed E-state index contributed by atoms with van der Waals surface area (Å²) in [5, 5.41) is 22.9. The van der Waals surface area contributed by atoms with Crippen LogP contribution in [-0.4, -0.2) is 62.2 Å². The van der Waals surface area contributed by atoms with Crippen molar-refractivity contribution in [3.63, 3.8) is 0 Å². The van der Waals surface area contributed by atoms with Crippen LogP contribution in [0.5, 0.6) is 0 Å². The van der Waals surface area contributed by atoms with Crippen LogP contribution in [0.15, 0.2) is 92.4 Å². The molecule has 0 heterocycles. The van der Waals surface area contributed by atoms with Gasteiger partial charge in [-0.1, -0.05) is 47.8 Å². The fourth-order valence-corrected chi connectivity index (χ4v) is 6.67. The van der Waals surface area contributed by atoms with Gasteiger partial charge in [-0.2, -0.15) is 0 Å². The van der Waals surface area contributed by atoms with E-state index in [1.165, 1.54) is 59.6 Å². The van der Waals surface area contributed by atoms with Crippen molar-refractivity contribution >= 4 is 58.8 Å². The Morgan fingerprint density at radius 1 is 0.540 bits per heavy atom. The molecule has 16 heteroatoms. The van der Waals surface area contributed by atoms with E-state index < -0.39 is 33.7 Å². The fourth-order valence-electron chi connectivity index (χ4n) is 4.45. The average Bonchev–Trinajstić information content (AvgIpc) is 3.11. The van der Waals surface area contributed by atoms with Crippen LogP contribution in [0.1, 0.15) is 52.6 Å². The molecule has 4 aromatic carbocycles. The molecule has 0 fully saturated rings. The number of carbonyl (C=O) groups is 4. The second kappa shape index (κ2) is 17.6. The van der Waals surface area contributed by atoms with Crippen LogP contribution < -0.4 is 0 Å². The highest BCUT2D eigenvalue weighted by atomic mass is 32.2. The molecule has 0 aromatic heterocycles. The van der Waals surface area contributed by atoms with Crippen molar-refractivity contribution in [3.05, 3.63) is 126 Å². The molecule has 14 nitrogen and oxygen atoms in total. The van der Waals surface area contributed by atoms with Crippen LogP contribution in [0, 0.1) is 34.1 Å². The van der Waals surface area contributed by atoms with Gasteiger partial charge in [-0.3, -0.25) is 20.2 Å². The first-order valence-corrected chi connectivity index (χ1v) is 15.9. The lowest BCUT2D eigenvalue weighted by atomic mass is 10.1. The molecule has 0 aliphatic heterocycles. The van der Waals surface area contributed by atoms with Crippen LogP contribution in [0.4, 0.5) is 11.4 Å². The van der Waals surface area contributed by atoms with E-state index in [2.05, 4.69) is 9.47 Å². The Morgan fingerprint density at radius 2 is 0.980 bits per heavy atom. The average molecular weight is 723 g/mol. The van der Waals surface area contributed by atoms with Crippen LogP contribution in [0.2, 0.25) is 0 Å². The van der Waals surface area contributed by atoms with E-state index in [-0.39, 0.29) is 28.1 Å². The first-order chi connectivity index (χ1) is 23.8. The van der Waals surface area contributed by atoms with Gasteiger partial charge in [0, 0.05) is 21.4 Å². The van der Waals surface area contributed by atoms with Crippen molar-refractivity contribution in [1.82, 2.24) is 0 Å². The molecule has 50 heavy (non-hydrogen) atoms. The SMILES string of the molecule is COC(=O)c1cc([N+](=O)[O-])c(Sc2ccccc2C(=O)OC)cc1C.COC(=O)c1ccccc1Sc1ccc(C(=O)OC)c(C)c1[N+](=O)[O-]. The lowest BCUT2D eigenvalue weighted by Gasteiger charge is -2.11. The standard InChI is InChI=1S/2C17H15NO6S/c1-10-8-15(13(18(21)22)9-12(10)17(20)24-3)25-14-7-5-4-6-11(14)16(19)23-2;1-10-11(16(19)23-2)8-9-14(15(10)18(21)22)25-13-7-5-4-6-12(13)17(20)24-3/h2*4-9H,1-3H3. The number of nitro groups is 2. The van der Waals surface area contributed by atoms with Crippen LogP contribution >= 0.6 is 23.5 Å². The molecule has 0 amide bonds. The molecule has 0 N–H and O–H groups in total. The van der Waals surface area contributed by atoms with Crippen molar-refractivity contribution in [3.8, 4) is 0 Å². The third kappa shape index (κ3) is 9.03. The van der Waals surface area contributed by atoms with Crippen molar-refractivity contribution in [2.45, 2.75) is 33.4 Å². The van der Waals surface area contributed by atoms with Gasteiger partial charge in [0.25, 0.3) is 11.4 Å². The third-order valence-corrected chi connectivity index (χ3v) is 9.16. The van der Waals surface area contributed by atoms with Crippen molar-refractivity contribution in [2.75, 3.05) is 28.4 Å². The van der Waals surface area contributed by atoms with E-state index in [1.807, 2.05) is 0 Å². The number of hydrogen-bond donors (Lipinski definition) is 0. The lowest BCUT2D eigenvalue weighted by molar-refractivity contribution is -0.388. The Morgan fingerprint density at radius 3 is 1.44 bits per heavy atom. The molecule has 4 aromatic rings. The maximum atomic E-state index is 11.9. The van der Waals surface area contributed by atoms with E-state index in [0.717, 1.165) is 23.5 Å². The lowest BCUT2D eigenvalue weighted by Crippen LogP contribution is -2.07. The predicted molar refractivity (Wildman–Crippen MR) is 182 cm³/mol. The molecule has 260 valence electrons. The Hall–Kier alpha value is -5.74. The molecule has 0 saturated carbocycles. The minimum atomic E-state index is -0.646. The topological polar surface area (TPSA) is 191 Å². The van der Waals surface area contributed by atoms with Crippen molar-refractivity contribution in [1.29, 1.82) is 0 Å². The number of nitro benzene ring substituents is 2. The summed E-state index contributed by atoms with van der Waals surface area (Å²) in [5.41, 5.74) is 1.16. The number of aryl methyl sites for hydroxylation is 1. The maximum absolute atomic E-state index is 11.9. The maximum Gasteiger partial charge on any atom is 0.339 e. The van der Waals surface area contributed by atoms with E-state index in [9.17, 15) is 39.4 Å². The molecule has 0 atom stereocenters. The van der Waals surface area contributed by atoms with Gasteiger partial charge in [0.15, 0.2) is 0 Å². The zero-order valence-corrected chi connectivity index (χ0v) is 29.2. The Labute approximate surface area is 294 Å². The Balaban J connectivity index is 0.000000270. The van der Waals surface area contributed by atoms with Gasteiger partial charge in [-0.05, 0) is 61.9 Å². The second-order valence-corrected chi connectivity index (χ2v) is 12.1. The summed E-state index contributed by atoms with van der Waals surface area (Å²) in [6.07, 6.45) is 0. The molecule has 0 spiro atoms. The number of nitrogens with zero attached hydrogens (tertiary/aromatic N) is 2. The molecule has 0 bridgehead atoms. The van der Waals surface area contributed by atoms with Gasteiger partial charge < -0.3 is 18.9 Å². The van der Waals surface area contributed by atoms with E-state index in [1.54, 1.807) is 55.5 Å². The highest BCUT2D eigenvalue weighted by Gasteiger charge is 2.26. The van der Waals surface area contributed by atoms with Crippen LogP contribution in [-0.2, 0) is 18.9 Å². The summed E-state index contributed by atoms with van der Waals surface area (Å²) in [4.78, 5) is 70.7. The zero-order chi connectivity index (χ0) is 37.1. The minimum absolute atomic E-state index is 0.125. The molecule has 0 unspecified atom stereocenters. The predicted octanol–water partition coefficient (Wildman–Crippen LogP) is 7.26. The first kappa shape index (κ1) is 38.7. The highest BCUT2D eigenvalue weighted by molar-refractivity contribution is 7.99. The first-order valence-electron chi connectivity index (χ1n) is 14.2. The summed E-state index contributed by atoms with van der Waals surface area (Å²) in [6, 6.07) is 18.9. The number of esters is 4. The molecule has 0 radical (unpaired) electrons. The summed E-state index contributed by atoms with van der Waals surface area (Å²) in [6.45, 7) is 3.15. The van der Waals surface area contributed by atoms with Gasteiger partial charge in [0.1, 0.15) is 0 Å². The van der Waals surface area contributed by atoms with Gasteiger partial charge >= 0.3 is 23.9 Å². The summed E-state index contributed by atoms with van der Waals surface area (Å²) in [5.74, 6) is -2.36. The third-order valence-electron chi connectivity index (χ3n) is 6.91. The van der Waals surface area contributed by atoms with Gasteiger partial charge in [-0.15, -0.1) is 0 Å². The van der Waals surface area contributed by atoms with Gasteiger partial charge in [-0.25, -0.2) is 19.2 Å². The van der Waals surface area contributed by atoms with E-state index in [4.69, 9.17) is 9.47 Å². The molecule has 0 saturated heterocycles. The monoisotopic (exact) mass is 722 g/mol. The molecular formula is C34H30N2O12S2. The van der Waals surface area contributed by atoms with Gasteiger partial charge in [0.05, 0.1) is 70.3 Å². The minimum Gasteiger partial charge on any atom is -0.465 e.